The number of aromatic nitrogens is 1. The van der Waals surface area contributed by atoms with Crippen LogP contribution in [0.3, 0.4) is 0 Å². The van der Waals surface area contributed by atoms with Gasteiger partial charge in [-0.2, -0.15) is 0 Å². The van der Waals surface area contributed by atoms with Crippen molar-refractivity contribution in [2.24, 2.45) is 0 Å². The molecular formula is C13H14BrNO5. The average Bonchev–Trinajstić information content (AvgIpc) is 2.93. The molecule has 1 saturated heterocycles. The van der Waals surface area contributed by atoms with E-state index in [1.54, 1.807) is 6.07 Å². The second-order valence-corrected chi connectivity index (χ2v) is 5.61. The first-order valence-corrected chi connectivity index (χ1v) is 6.95. The first-order valence-electron chi connectivity index (χ1n) is 6.16. The normalized spacial score (nSPS) is 30.0. The molecule has 108 valence electrons. The highest BCUT2D eigenvalue weighted by Crippen LogP contribution is 2.28. The van der Waals surface area contributed by atoms with E-state index in [1.165, 1.54) is 0 Å². The Kier molecular flexibility index (Phi) is 3.70. The molecule has 0 unspecified atom stereocenters. The summed E-state index contributed by atoms with van der Waals surface area (Å²) in [6.07, 6.45) is -4.22. The summed E-state index contributed by atoms with van der Waals surface area (Å²) in [5.74, 6) is 0.424. The van der Waals surface area contributed by atoms with Crippen LogP contribution in [-0.4, -0.2) is 51.5 Å². The van der Waals surface area contributed by atoms with Crippen LogP contribution in [0, 0.1) is 0 Å². The summed E-state index contributed by atoms with van der Waals surface area (Å²) < 4.78 is 11.7. The molecular weight excluding hydrogens is 330 g/mol. The second kappa shape index (κ2) is 5.34. The van der Waals surface area contributed by atoms with Gasteiger partial charge in [0.2, 0.25) is 6.29 Å². The molecule has 2 aromatic rings. The van der Waals surface area contributed by atoms with Crippen molar-refractivity contribution < 1.29 is 24.8 Å². The van der Waals surface area contributed by atoms with Gasteiger partial charge in [0, 0.05) is 21.4 Å². The highest BCUT2D eigenvalue weighted by molar-refractivity contribution is 9.10. The van der Waals surface area contributed by atoms with Gasteiger partial charge in [-0.15, -0.1) is 0 Å². The molecule has 7 heteroatoms. The molecule has 0 bridgehead atoms. The molecule has 1 aliphatic rings. The third kappa shape index (κ3) is 2.43. The Balaban J connectivity index is 1.79. The fraction of sp³-hybridized carbons (Fsp3) is 0.385. The van der Waals surface area contributed by atoms with E-state index in [1.807, 2.05) is 18.2 Å². The minimum absolute atomic E-state index is 0.377. The topological polar surface area (TPSA) is 94.9 Å². The monoisotopic (exact) mass is 343 g/mol. The Hall–Kier alpha value is -1.12. The molecule has 6 nitrogen and oxygen atoms in total. The third-order valence-corrected chi connectivity index (χ3v) is 3.79. The van der Waals surface area contributed by atoms with Gasteiger partial charge in [0.1, 0.15) is 18.3 Å². The fourth-order valence-electron chi connectivity index (χ4n) is 2.23. The number of H-pyrrole nitrogens is 1. The molecule has 1 aliphatic heterocycles. The molecule has 0 spiro atoms. The van der Waals surface area contributed by atoms with Gasteiger partial charge in [-0.1, -0.05) is 15.9 Å². The number of fused-ring (bicyclic) bond motifs is 1. The number of aromatic amines is 1. The summed E-state index contributed by atoms with van der Waals surface area (Å²) in [5.41, 5.74) is 0.884. The lowest BCUT2D eigenvalue weighted by molar-refractivity contribution is -0.118. The van der Waals surface area contributed by atoms with Crippen LogP contribution in [0.25, 0.3) is 10.9 Å². The van der Waals surface area contributed by atoms with E-state index in [0.717, 1.165) is 15.4 Å². The number of halogens is 1. The van der Waals surface area contributed by atoms with Gasteiger partial charge in [0.15, 0.2) is 5.88 Å². The van der Waals surface area contributed by atoms with E-state index >= 15 is 0 Å². The first kappa shape index (κ1) is 13.8. The Labute approximate surface area is 123 Å². The summed E-state index contributed by atoms with van der Waals surface area (Å²) in [6, 6.07) is 7.49. The number of aliphatic hydroxyl groups is 3. The van der Waals surface area contributed by atoms with Gasteiger partial charge >= 0.3 is 0 Å². The summed E-state index contributed by atoms with van der Waals surface area (Å²) in [6.45, 7) is -0.377. The number of aliphatic hydroxyl groups excluding tert-OH is 3. The minimum atomic E-state index is -1.20. The van der Waals surface area contributed by atoms with Crippen LogP contribution in [-0.2, 0) is 4.74 Å². The molecule has 4 N–H and O–H groups in total. The van der Waals surface area contributed by atoms with Crippen molar-refractivity contribution in [1.82, 2.24) is 4.98 Å². The predicted octanol–water partition coefficient (Wildman–Crippen LogP) is 0.748. The molecule has 1 fully saturated rings. The van der Waals surface area contributed by atoms with Crippen molar-refractivity contribution in [1.29, 1.82) is 0 Å². The third-order valence-electron chi connectivity index (χ3n) is 3.30. The quantitative estimate of drug-likeness (QED) is 0.659. The number of hydrogen-bond donors (Lipinski definition) is 4. The largest absolute Gasteiger partial charge is 0.447 e. The lowest BCUT2D eigenvalue weighted by Crippen LogP contribution is -2.35. The molecule has 0 aliphatic carbocycles. The summed E-state index contributed by atoms with van der Waals surface area (Å²) in [4.78, 5) is 3.04. The summed E-state index contributed by atoms with van der Waals surface area (Å²) in [5, 5.41) is 29.4. The molecule has 2 heterocycles. The number of nitrogens with one attached hydrogen (secondary N) is 1. The van der Waals surface area contributed by atoms with Crippen molar-refractivity contribution in [2.75, 3.05) is 6.61 Å². The Bertz CT molecular complexity index is 616. The van der Waals surface area contributed by atoms with Crippen LogP contribution in [0.1, 0.15) is 0 Å². The van der Waals surface area contributed by atoms with Crippen LogP contribution < -0.4 is 4.74 Å². The zero-order valence-electron chi connectivity index (χ0n) is 10.4. The number of rotatable bonds is 3. The average molecular weight is 344 g/mol. The minimum Gasteiger partial charge on any atom is -0.447 e. The van der Waals surface area contributed by atoms with Crippen molar-refractivity contribution in [3.63, 3.8) is 0 Å². The van der Waals surface area contributed by atoms with Crippen LogP contribution >= 0.6 is 15.9 Å². The second-order valence-electron chi connectivity index (χ2n) is 4.69. The molecule has 0 radical (unpaired) electrons. The summed E-state index contributed by atoms with van der Waals surface area (Å²) in [7, 11) is 0. The number of ether oxygens (including phenoxy) is 2. The summed E-state index contributed by atoms with van der Waals surface area (Å²) >= 11 is 3.38. The van der Waals surface area contributed by atoms with E-state index in [0.29, 0.717) is 5.88 Å². The van der Waals surface area contributed by atoms with Gasteiger partial charge < -0.3 is 29.8 Å². The fourth-order valence-corrected chi connectivity index (χ4v) is 2.61. The Morgan fingerprint density at radius 2 is 2.05 bits per heavy atom. The highest BCUT2D eigenvalue weighted by atomic mass is 79.9. The van der Waals surface area contributed by atoms with Gasteiger partial charge in [-0.3, -0.25) is 0 Å². The predicted molar refractivity (Wildman–Crippen MR) is 74.4 cm³/mol. The molecule has 3 rings (SSSR count). The first-order chi connectivity index (χ1) is 9.58. The van der Waals surface area contributed by atoms with Gasteiger partial charge in [-0.05, 0) is 18.2 Å². The van der Waals surface area contributed by atoms with Crippen molar-refractivity contribution >= 4 is 26.8 Å². The standard InChI is InChI=1S/C13H14BrNO5/c14-7-1-2-8-6(3-7)4-10(15-8)20-13-12(18)11(17)9(5-16)19-13/h1-4,9,11-13,15-18H,5H2/t9-,11-,12-,13+/m1/s1. The maximum absolute atomic E-state index is 9.81. The zero-order valence-corrected chi connectivity index (χ0v) is 11.9. The SMILES string of the molecule is OC[C@H]1O[C@@H](Oc2cc3cc(Br)ccc3[nH]2)[C@H](O)[C@@H]1O. The van der Waals surface area contributed by atoms with E-state index in [9.17, 15) is 10.2 Å². The van der Waals surface area contributed by atoms with Crippen molar-refractivity contribution in [3.05, 3.63) is 28.7 Å². The van der Waals surface area contributed by atoms with Gasteiger partial charge in [0.05, 0.1) is 6.61 Å². The lowest BCUT2D eigenvalue weighted by Gasteiger charge is -2.15. The van der Waals surface area contributed by atoms with E-state index < -0.39 is 24.6 Å². The van der Waals surface area contributed by atoms with Crippen LogP contribution in [0.15, 0.2) is 28.7 Å². The smallest absolute Gasteiger partial charge is 0.230 e. The molecule has 4 atom stereocenters. The Morgan fingerprint density at radius 3 is 2.75 bits per heavy atom. The van der Waals surface area contributed by atoms with E-state index in [4.69, 9.17) is 14.6 Å². The highest BCUT2D eigenvalue weighted by Gasteiger charge is 2.44. The molecule has 1 aromatic carbocycles. The number of benzene rings is 1. The van der Waals surface area contributed by atoms with E-state index in [-0.39, 0.29) is 6.61 Å². The number of hydrogen-bond acceptors (Lipinski definition) is 5. The Morgan fingerprint density at radius 1 is 1.25 bits per heavy atom. The van der Waals surface area contributed by atoms with Crippen LogP contribution in [0.5, 0.6) is 5.88 Å². The maximum atomic E-state index is 9.81. The van der Waals surface area contributed by atoms with Crippen molar-refractivity contribution in [3.8, 4) is 5.88 Å². The molecule has 1 aromatic heterocycles. The zero-order chi connectivity index (χ0) is 14.3. The van der Waals surface area contributed by atoms with Gasteiger partial charge in [0.25, 0.3) is 0 Å². The lowest BCUT2D eigenvalue weighted by atomic mass is 10.1. The van der Waals surface area contributed by atoms with Crippen molar-refractivity contribution in [2.45, 2.75) is 24.6 Å². The van der Waals surface area contributed by atoms with E-state index in [2.05, 4.69) is 20.9 Å². The molecule has 0 amide bonds. The van der Waals surface area contributed by atoms with Crippen LogP contribution in [0.4, 0.5) is 0 Å². The molecule has 20 heavy (non-hydrogen) atoms. The molecule has 0 saturated carbocycles. The maximum Gasteiger partial charge on any atom is 0.230 e. The van der Waals surface area contributed by atoms with Crippen LogP contribution in [0.2, 0.25) is 0 Å². The van der Waals surface area contributed by atoms with Gasteiger partial charge in [-0.25, -0.2) is 0 Å².